The summed E-state index contributed by atoms with van der Waals surface area (Å²) < 4.78 is 81.4. The number of aliphatic hydroxyl groups is 1. The zero-order valence-electron chi connectivity index (χ0n) is 23.6. The molecule has 0 spiro atoms. The highest BCUT2D eigenvalue weighted by Crippen LogP contribution is 2.42. The van der Waals surface area contributed by atoms with E-state index in [9.17, 15) is 31.9 Å². The van der Waals surface area contributed by atoms with Gasteiger partial charge in [-0.1, -0.05) is 0 Å². The quantitative estimate of drug-likeness (QED) is 0.232. The largest absolute Gasteiger partial charge is 0.457 e. The average molecular weight is 630 g/mol. The summed E-state index contributed by atoms with van der Waals surface area (Å²) in [4.78, 5) is 19.1. The highest BCUT2D eigenvalue weighted by Gasteiger charge is 2.42. The fourth-order valence-electron chi connectivity index (χ4n) is 5.17. The van der Waals surface area contributed by atoms with Crippen LogP contribution in [-0.2, 0) is 18.8 Å². The molecule has 0 saturated carbocycles. The van der Waals surface area contributed by atoms with Crippen molar-refractivity contribution in [2.75, 3.05) is 25.5 Å². The molecular formula is C29H24F5N7O4. The van der Waals surface area contributed by atoms with Gasteiger partial charge in [-0.15, -0.1) is 0 Å². The van der Waals surface area contributed by atoms with Crippen LogP contribution < -0.4 is 14.8 Å². The number of benzene rings is 2. The predicted octanol–water partition coefficient (Wildman–Crippen LogP) is 4.93. The van der Waals surface area contributed by atoms with Crippen LogP contribution in [0, 0.1) is 0 Å². The molecule has 1 aliphatic rings. The second-order valence-electron chi connectivity index (χ2n) is 10.6. The molecule has 0 radical (unpaired) electrons. The Morgan fingerprint density at radius 2 is 1.89 bits per heavy atom. The van der Waals surface area contributed by atoms with Crippen molar-refractivity contribution >= 4 is 17.2 Å². The van der Waals surface area contributed by atoms with Crippen LogP contribution in [0.2, 0.25) is 0 Å². The molecule has 0 aliphatic carbocycles. The molecule has 2 aromatic carbocycles. The standard InChI is InChI=1S/C29H24F5N7O4/c1-39-14-28(43,15-39)16-8-17(29(32,33)34)10-19(9-16)44-18-4-5-23(45-27(30)31)20(11-18)24-22(13-40(2)38-24)37-26(42)21-12-36-41-7-3-6-35-25(21)41/h3-13,27,43H,14-15H2,1-2H3,(H,37,42). The maximum atomic E-state index is 13.8. The van der Waals surface area contributed by atoms with Crippen LogP contribution in [0.5, 0.6) is 17.2 Å². The lowest BCUT2D eigenvalue weighted by molar-refractivity contribution is -0.138. The molecular weight excluding hydrogens is 605 g/mol. The lowest BCUT2D eigenvalue weighted by Gasteiger charge is -2.45. The Morgan fingerprint density at radius 1 is 1.11 bits per heavy atom. The van der Waals surface area contributed by atoms with Crippen molar-refractivity contribution in [3.63, 3.8) is 0 Å². The number of β-amino-alcohol motifs (C(OH)–C–C–N with tert-alkyl or cyclic N) is 1. The van der Waals surface area contributed by atoms with Crippen LogP contribution in [0.25, 0.3) is 16.9 Å². The van der Waals surface area contributed by atoms with E-state index in [1.54, 1.807) is 24.2 Å². The second kappa shape index (κ2) is 11.1. The Morgan fingerprint density at radius 3 is 2.60 bits per heavy atom. The first-order valence-corrected chi connectivity index (χ1v) is 13.3. The number of nitrogens with zero attached hydrogens (tertiary/aromatic N) is 6. The van der Waals surface area contributed by atoms with E-state index in [2.05, 4.69) is 20.5 Å². The third kappa shape index (κ3) is 6.01. The van der Waals surface area contributed by atoms with Crippen LogP contribution in [0.4, 0.5) is 27.6 Å². The average Bonchev–Trinajstić information content (AvgIpc) is 3.55. The smallest absolute Gasteiger partial charge is 0.416 e. The van der Waals surface area contributed by atoms with Gasteiger partial charge in [0.15, 0.2) is 5.65 Å². The number of aromatic nitrogens is 5. The minimum Gasteiger partial charge on any atom is -0.457 e. The molecule has 0 bridgehead atoms. The molecule has 5 aromatic rings. The van der Waals surface area contributed by atoms with Crippen molar-refractivity contribution in [2.45, 2.75) is 18.4 Å². The number of amides is 1. The number of carbonyl (C=O) groups is 1. The summed E-state index contributed by atoms with van der Waals surface area (Å²) in [5.74, 6) is -1.24. The van der Waals surface area contributed by atoms with Gasteiger partial charge in [-0.2, -0.15) is 32.1 Å². The van der Waals surface area contributed by atoms with Crippen molar-refractivity contribution in [1.82, 2.24) is 29.3 Å². The lowest BCUT2D eigenvalue weighted by atomic mass is 9.85. The number of fused-ring (bicyclic) bond motifs is 1. The molecule has 16 heteroatoms. The van der Waals surface area contributed by atoms with Crippen molar-refractivity contribution in [2.24, 2.45) is 7.05 Å². The summed E-state index contributed by atoms with van der Waals surface area (Å²) in [7, 11) is 3.25. The van der Waals surface area contributed by atoms with E-state index >= 15 is 0 Å². The molecule has 11 nitrogen and oxygen atoms in total. The molecule has 45 heavy (non-hydrogen) atoms. The Labute approximate surface area is 251 Å². The number of nitrogens with one attached hydrogen (secondary N) is 1. The van der Waals surface area contributed by atoms with E-state index in [4.69, 9.17) is 9.47 Å². The first kappa shape index (κ1) is 30.0. The van der Waals surface area contributed by atoms with Crippen LogP contribution in [-0.4, -0.2) is 67.0 Å². The first-order valence-electron chi connectivity index (χ1n) is 13.3. The van der Waals surface area contributed by atoms with Gasteiger partial charge in [0.2, 0.25) is 0 Å². The molecule has 6 rings (SSSR count). The number of ether oxygens (including phenoxy) is 2. The van der Waals surface area contributed by atoms with E-state index in [1.165, 1.54) is 53.0 Å². The number of anilines is 1. The van der Waals surface area contributed by atoms with E-state index in [0.29, 0.717) is 0 Å². The first-order chi connectivity index (χ1) is 21.3. The van der Waals surface area contributed by atoms with E-state index in [1.807, 2.05) is 0 Å². The maximum absolute atomic E-state index is 13.8. The van der Waals surface area contributed by atoms with Crippen molar-refractivity contribution in [3.8, 4) is 28.5 Å². The third-order valence-electron chi connectivity index (χ3n) is 7.09. The van der Waals surface area contributed by atoms with Crippen molar-refractivity contribution in [1.29, 1.82) is 0 Å². The van der Waals surface area contributed by atoms with Gasteiger partial charge in [-0.05, 0) is 55.1 Å². The number of hydrogen-bond acceptors (Lipinski definition) is 8. The molecule has 0 unspecified atom stereocenters. The molecule has 1 aliphatic heterocycles. The van der Waals surface area contributed by atoms with E-state index in [0.717, 1.165) is 18.2 Å². The number of alkyl halides is 5. The summed E-state index contributed by atoms with van der Waals surface area (Å²) in [6, 6.07) is 8.20. The fraction of sp³-hybridized carbons (Fsp3) is 0.241. The summed E-state index contributed by atoms with van der Waals surface area (Å²) in [5, 5.41) is 21.9. The zero-order chi connectivity index (χ0) is 32.1. The molecule has 1 amide bonds. The number of aryl methyl sites for hydroxylation is 1. The number of likely N-dealkylation sites (N-methyl/N-ethyl adjacent to an activating group) is 1. The van der Waals surface area contributed by atoms with Gasteiger partial charge < -0.3 is 19.9 Å². The van der Waals surface area contributed by atoms with Crippen molar-refractivity contribution in [3.05, 3.63) is 83.9 Å². The Kier molecular flexibility index (Phi) is 7.40. The van der Waals surface area contributed by atoms with Crippen LogP contribution in [0.1, 0.15) is 21.5 Å². The molecule has 3 aromatic heterocycles. The maximum Gasteiger partial charge on any atom is 0.416 e. The number of likely N-dealkylation sites (tertiary alicyclic amines) is 1. The molecule has 234 valence electrons. The normalized spacial score (nSPS) is 14.9. The third-order valence-corrected chi connectivity index (χ3v) is 7.09. The Bertz CT molecular complexity index is 1900. The van der Waals surface area contributed by atoms with Gasteiger partial charge in [0.1, 0.15) is 34.1 Å². The van der Waals surface area contributed by atoms with Crippen molar-refractivity contribution < 1.29 is 41.3 Å². The highest BCUT2D eigenvalue weighted by molar-refractivity contribution is 6.09. The fourth-order valence-corrected chi connectivity index (χ4v) is 5.17. The van der Waals surface area contributed by atoms with Crippen LogP contribution in [0.3, 0.4) is 0 Å². The number of carbonyl (C=O) groups excluding carboxylic acids is 1. The Hall–Kier alpha value is -5.09. The van der Waals surface area contributed by atoms with Gasteiger partial charge in [0.25, 0.3) is 5.91 Å². The molecule has 1 fully saturated rings. The van der Waals surface area contributed by atoms with E-state index in [-0.39, 0.29) is 64.1 Å². The monoisotopic (exact) mass is 629 g/mol. The Balaban J connectivity index is 1.37. The van der Waals surface area contributed by atoms with Crippen LogP contribution >= 0.6 is 0 Å². The molecule has 0 atom stereocenters. The number of halogens is 5. The zero-order valence-corrected chi connectivity index (χ0v) is 23.6. The van der Waals surface area contributed by atoms with E-state index < -0.39 is 29.9 Å². The van der Waals surface area contributed by atoms with Gasteiger partial charge in [0.05, 0.1) is 23.0 Å². The topological polar surface area (TPSA) is 119 Å². The molecule has 2 N–H and O–H groups in total. The van der Waals surface area contributed by atoms with Gasteiger partial charge in [-0.25, -0.2) is 9.50 Å². The highest BCUT2D eigenvalue weighted by atomic mass is 19.4. The minimum atomic E-state index is -4.74. The minimum absolute atomic E-state index is 0.00734. The van der Waals surface area contributed by atoms with Gasteiger partial charge in [-0.3, -0.25) is 14.4 Å². The molecule has 4 heterocycles. The number of hydrogen-bond donors (Lipinski definition) is 2. The summed E-state index contributed by atoms with van der Waals surface area (Å²) >= 11 is 0. The molecule has 1 saturated heterocycles. The predicted molar refractivity (Wildman–Crippen MR) is 149 cm³/mol. The SMILES string of the molecule is CN1CC(O)(c2cc(Oc3ccc(OC(F)F)c(-c4nn(C)cc4NC(=O)c4cnn5cccnc45)c3)cc(C(F)(F)F)c2)C1. The summed E-state index contributed by atoms with van der Waals surface area (Å²) in [6.07, 6.45) is 1.10. The summed E-state index contributed by atoms with van der Waals surface area (Å²) in [5.41, 5.74) is -2.06. The lowest BCUT2D eigenvalue weighted by Crippen LogP contribution is -2.57. The summed E-state index contributed by atoms with van der Waals surface area (Å²) in [6.45, 7) is -2.98. The van der Waals surface area contributed by atoms with Crippen LogP contribution in [0.15, 0.2) is 67.3 Å². The van der Waals surface area contributed by atoms with Gasteiger partial charge >= 0.3 is 12.8 Å². The van der Waals surface area contributed by atoms with Gasteiger partial charge in [0, 0.05) is 38.7 Å². The number of rotatable bonds is 8. The second-order valence-corrected chi connectivity index (χ2v) is 10.6.